The maximum absolute atomic E-state index is 12.6. The normalized spacial score (nSPS) is 11.7. The van der Waals surface area contributed by atoms with Gasteiger partial charge in [0.1, 0.15) is 17.0 Å². The van der Waals surface area contributed by atoms with Crippen LogP contribution in [0.15, 0.2) is 55.6 Å². The smallest absolute Gasteiger partial charge is 0.350 e. The fourth-order valence-corrected chi connectivity index (χ4v) is 3.04. The molecule has 0 amide bonds. The van der Waals surface area contributed by atoms with E-state index in [1.807, 2.05) is 6.07 Å². The minimum atomic E-state index is -0.710. The fraction of sp³-hybridized carbons (Fsp3) is 0. The number of nitrogens with one attached hydrogen (secondary N) is 2. The van der Waals surface area contributed by atoms with Crippen LogP contribution in [0.2, 0.25) is 0 Å². The highest BCUT2D eigenvalue weighted by molar-refractivity contribution is 9.10. The zero-order valence-corrected chi connectivity index (χ0v) is 14.6. The van der Waals surface area contributed by atoms with E-state index < -0.39 is 11.2 Å². The van der Waals surface area contributed by atoms with Crippen molar-refractivity contribution in [1.82, 2.24) is 14.6 Å². The molecule has 0 aliphatic heterocycles. The van der Waals surface area contributed by atoms with Gasteiger partial charge in [-0.1, -0.05) is 15.9 Å². The molecule has 4 rings (SSSR count). The molecule has 26 heavy (non-hydrogen) atoms. The molecule has 4 N–H and O–H groups in total. The second-order valence-corrected chi connectivity index (χ2v) is 6.52. The molecule has 130 valence electrons. The van der Waals surface area contributed by atoms with Crippen molar-refractivity contribution in [3.8, 4) is 11.5 Å². The van der Waals surface area contributed by atoms with E-state index in [2.05, 4.69) is 31.0 Å². The maximum Gasteiger partial charge on any atom is 0.350 e. The molecule has 0 aliphatic carbocycles. The molecular weight excluding hydrogens is 404 g/mol. The summed E-state index contributed by atoms with van der Waals surface area (Å²) in [5.41, 5.74) is 0.229. The second kappa shape index (κ2) is 5.88. The topological polar surface area (TPSA) is 123 Å². The average Bonchev–Trinajstić information content (AvgIpc) is 2.94. The Labute approximate surface area is 153 Å². The van der Waals surface area contributed by atoms with Crippen LogP contribution in [0.3, 0.4) is 0 Å². The van der Waals surface area contributed by atoms with Crippen molar-refractivity contribution in [2.75, 3.05) is 0 Å². The third-order valence-electron chi connectivity index (χ3n) is 3.92. The standard InChI is InChI=1S/C17H11BrN4O4/c18-9-2-4-12-11(5-9)14-15(20-12)16(25)22(17(26)21-14)19-7-8-1-3-10(23)6-13(8)24/h1-7,20,23-24H,(H,21,26)/b19-7+. The van der Waals surface area contributed by atoms with Gasteiger partial charge in [0.05, 0.1) is 11.7 Å². The Morgan fingerprint density at radius 2 is 1.85 bits per heavy atom. The lowest BCUT2D eigenvalue weighted by molar-refractivity contribution is 0.450. The van der Waals surface area contributed by atoms with Gasteiger partial charge in [0.2, 0.25) is 0 Å². The summed E-state index contributed by atoms with van der Waals surface area (Å²) in [5.74, 6) is -0.338. The molecule has 0 aliphatic rings. The van der Waals surface area contributed by atoms with Crippen molar-refractivity contribution in [1.29, 1.82) is 0 Å². The number of phenolic OH excluding ortho intramolecular Hbond substituents is 2. The molecule has 0 unspecified atom stereocenters. The van der Waals surface area contributed by atoms with E-state index in [0.717, 1.165) is 16.8 Å². The first-order valence-electron chi connectivity index (χ1n) is 7.46. The molecule has 0 fully saturated rings. The Hall–Kier alpha value is -3.33. The molecule has 2 aromatic heterocycles. The van der Waals surface area contributed by atoms with E-state index >= 15 is 0 Å². The van der Waals surface area contributed by atoms with Crippen LogP contribution in [0, 0.1) is 0 Å². The molecule has 0 saturated heterocycles. The van der Waals surface area contributed by atoms with Gasteiger partial charge < -0.3 is 20.2 Å². The molecule has 2 heterocycles. The number of benzene rings is 2. The van der Waals surface area contributed by atoms with Crippen LogP contribution in [-0.2, 0) is 0 Å². The predicted molar refractivity (Wildman–Crippen MR) is 101 cm³/mol. The van der Waals surface area contributed by atoms with Gasteiger partial charge in [0.25, 0.3) is 0 Å². The summed E-state index contributed by atoms with van der Waals surface area (Å²) in [5, 5.41) is 23.6. The number of fused-ring (bicyclic) bond motifs is 3. The first-order chi connectivity index (χ1) is 12.4. The average molecular weight is 415 g/mol. The van der Waals surface area contributed by atoms with Gasteiger partial charge in [-0.2, -0.15) is 5.10 Å². The molecule has 0 radical (unpaired) electrons. The Kier molecular flexibility index (Phi) is 3.66. The van der Waals surface area contributed by atoms with Gasteiger partial charge in [-0.15, -0.1) is 4.68 Å². The first-order valence-corrected chi connectivity index (χ1v) is 8.26. The van der Waals surface area contributed by atoms with Gasteiger partial charge >= 0.3 is 11.2 Å². The molecule has 0 atom stereocenters. The number of hydrogen-bond donors (Lipinski definition) is 4. The van der Waals surface area contributed by atoms with Crippen LogP contribution >= 0.6 is 15.9 Å². The Balaban J connectivity index is 1.91. The van der Waals surface area contributed by atoms with E-state index in [0.29, 0.717) is 21.1 Å². The number of halogens is 1. The number of aromatic hydroxyl groups is 2. The fourth-order valence-electron chi connectivity index (χ4n) is 2.68. The number of nitrogens with zero attached hydrogens (tertiary/aromatic N) is 2. The molecule has 2 aromatic carbocycles. The zero-order valence-electron chi connectivity index (χ0n) is 13.0. The van der Waals surface area contributed by atoms with Crippen molar-refractivity contribution >= 4 is 44.1 Å². The summed E-state index contributed by atoms with van der Waals surface area (Å²) in [6, 6.07) is 9.30. The summed E-state index contributed by atoms with van der Waals surface area (Å²) in [6.07, 6.45) is 1.16. The summed E-state index contributed by atoms with van der Waals surface area (Å²) in [6.45, 7) is 0. The van der Waals surface area contributed by atoms with Gasteiger partial charge in [-0.25, -0.2) is 4.79 Å². The number of aromatic amines is 2. The van der Waals surface area contributed by atoms with Crippen LogP contribution in [0.4, 0.5) is 0 Å². The predicted octanol–water partition coefficient (Wildman–Crippen LogP) is 2.23. The first kappa shape index (κ1) is 16.2. The summed E-state index contributed by atoms with van der Waals surface area (Å²) in [7, 11) is 0. The van der Waals surface area contributed by atoms with E-state index in [1.165, 1.54) is 12.1 Å². The van der Waals surface area contributed by atoms with Crippen LogP contribution in [0.5, 0.6) is 11.5 Å². The molecule has 4 aromatic rings. The quantitative estimate of drug-likeness (QED) is 0.375. The minimum absolute atomic E-state index is 0.111. The van der Waals surface area contributed by atoms with Gasteiger partial charge in [-0.3, -0.25) is 4.79 Å². The number of rotatable bonds is 2. The van der Waals surface area contributed by atoms with Crippen LogP contribution in [-0.4, -0.2) is 31.1 Å². The molecular formula is C17H11BrN4O4. The van der Waals surface area contributed by atoms with Crippen molar-refractivity contribution in [3.63, 3.8) is 0 Å². The Morgan fingerprint density at radius 1 is 1.04 bits per heavy atom. The highest BCUT2D eigenvalue weighted by atomic mass is 79.9. The maximum atomic E-state index is 12.6. The van der Waals surface area contributed by atoms with Crippen molar-refractivity contribution in [2.24, 2.45) is 5.10 Å². The summed E-state index contributed by atoms with van der Waals surface area (Å²) >= 11 is 3.36. The third kappa shape index (κ3) is 2.58. The molecule has 0 saturated carbocycles. The molecule has 8 nitrogen and oxygen atoms in total. The molecule has 9 heteroatoms. The Bertz CT molecular complexity index is 1320. The second-order valence-electron chi connectivity index (χ2n) is 5.60. The van der Waals surface area contributed by atoms with E-state index in [9.17, 15) is 19.8 Å². The van der Waals surface area contributed by atoms with Crippen LogP contribution in [0.1, 0.15) is 5.56 Å². The lowest BCUT2D eigenvalue weighted by atomic mass is 10.2. The third-order valence-corrected chi connectivity index (χ3v) is 4.41. The van der Waals surface area contributed by atoms with Crippen molar-refractivity contribution in [2.45, 2.75) is 0 Å². The molecule has 0 bridgehead atoms. The number of hydrogen-bond acceptors (Lipinski definition) is 5. The van der Waals surface area contributed by atoms with Crippen molar-refractivity contribution < 1.29 is 10.2 Å². The highest BCUT2D eigenvalue weighted by Gasteiger charge is 2.13. The Morgan fingerprint density at radius 3 is 2.62 bits per heavy atom. The van der Waals surface area contributed by atoms with E-state index in [4.69, 9.17) is 0 Å². The van der Waals surface area contributed by atoms with Crippen LogP contribution < -0.4 is 11.2 Å². The van der Waals surface area contributed by atoms with Gasteiger partial charge in [-0.05, 0) is 30.3 Å². The lowest BCUT2D eigenvalue weighted by Crippen LogP contribution is -2.32. The summed E-state index contributed by atoms with van der Waals surface area (Å²) in [4.78, 5) is 30.6. The summed E-state index contributed by atoms with van der Waals surface area (Å²) < 4.78 is 1.48. The largest absolute Gasteiger partial charge is 0.508 e. The zero-order chi connectivity index (χ0) is 18.4. The van der Waals surface area contributed by atoms with Crippen LogP contribution in [0.25, 0.3) is 21.9 Å². The SMILES string of the molecule is O=c1[nH]c2c([nH]c3ccc(Br)cc32)c(=O)n1/N=C/c1ccc(O)cc1O. The number of phenols is 2. The number of H-pyrrole nitrogens is 2. The highest BCUT2D eigenvalue weighted by Crippen LogP contribution is 2.24. The van der Waals surface area contributed by atoms with Gasteiger partial charge in [0.15, 0.2) is 0 Å². The monoisotopic (exact) mass is 414 g/mol. The lowest BCUT2D eigenvalue weighted by Gasteiger charge is -2.00. The minimum Gasteiger partial charge on any atom is -0.508 e. The van der Waals surface area contributed by atoms with Gasteiger partial charge in [0, 0.05) is 27.0 Å². The number of aromatic nitrogens is 3. The van der Waals surface area contributed by atoms with Crippen molar-refractivity contribution in [3.05, 3.63) is 67.3 Å². The van der Waals surface area contributed by atoms with E-state index in [-0.39, 0.29) is 22.6 Å². The molecule has 0 spiro atoms. The van der Waals surface area contributed by atoms with E-state index in [1.54, 1.807) is 12.1 Å².